The number of Topliss-reactive ketones (excluding diaryl/α,β-unsaturated/α-hetero) is 1. The van der Waals surface area contributed by atoms with E-state index in [9.17, 15) is 14.4 Å². The lowest BCUT2D eigenvalue weighted by Crippen LogP contribution is -2.36. The molecule has 0 radical (unpaired) electrons. The van der Waals surface area contributed by atoms with Gasteiger partial charge in [0.2, 0.25) is 0 Å². The number of dihydropyridines is 1. The second kappa shape index (κ2) is 10.2. The maximum atomic E-state index is 13.6. The first kappa shape index (κ1) is 24.3. The van der Waals surface area contributed by atoms with Crippen LogP contribution >= 0.6 is 0 Å². The number of rotatable bonds is 6. The Bertz CT molecular complexity index is 1230. The van der Waals surface area contributed by atoms with Gasteiger partial charge in [0.1, 0.15) is 0 Å². The summed E-state index contributed by atoms with van der Waals surface area (Å²) in [6.45, 7) is 5.10. The summed E-state index contributed by atoms with van der Waals surface area (Å²) in [7, 11) is 1.47. The minimum Gasteiger partial charge on any atom is -0.493 e. The summed E-state index contributed by atoms with van der Waals surface area (Å²) in [5.41, 5.74) is 4.20. The molecule has 2 aromatic carbocycles. The van der Waals surface area contributed by atoms with Gasteiger partial charge in [-0.05, 0) is 49.4 Å². The highest BCUT2D eigenvalue weighted by Gasteiger charge is 2.41. The number of esters is 2. The van der Waals surface area contributed by atoms with Crippen LogP contribution < -0.4 is 14.8 Å². The number of ether oxygens (including phenoxy) is 3. The first-order valence-electron chi connectivity index (χ1n) is 11.7. The molecule has 2 aliphatic rings. The van der Waals surface area contributed by atoms with Crippen LogP contribution in [0.1, 0.15) is 56.6 Å². The lowest BCUT2D eigenvalue weighted by atomic mass is 9.71. The van der Waals surface area contributed by atoms with Crippen molar-refractivity contribution in [3.63, 3.8) is 0 Å². The molecule has 0 saturated heterocycles. The summed E-state index contributed by atoms with van der Waals surface area (Å²) < 4.78 is 16.1. The number of hydrogen-bond donors (Lipinski definition) is 1. The van der Waals surface area contributed by atoms with E-state index >= 15 is 0 Å². The molecule has 1 heterocycles. The molecule has 0 spiro atoms. The molecule has 7 nitrogen and oxygen atoms in total. The zero-order valence-electron chi connectivity index (χ0n) is 20.3. The number of carbonyl (C=O) groups is 3. The zero-order valence-corrected chi connectivity index (χ0v) is 20.3. The van der Waals surface area contributed by atoms with Gasteiger partial charge in [-0.3, -0.25) is 9.59 Å². The van der Waals surface area contributed by atoms with Crippen LogP contribution in [0.3, 0.4) is 0 Å². The largest absolute Gasteiger partial charge is 0.493 e. The van der Waals surface area contributed by atoms with Crippen molar-refractivity contribution in [1.29, 1.82) is 0 Å². The van der Waals surface area contributed by atoms with Gasteiger partial charge in [-0.15, -0.1) is 0 Å². The fourth-order valence-electron chi connectivity index (χ4n) is 4.92. The molecule has 0 amide bonds. The van der Waals surface area contributed by atoms with E-state index in [0.29, 0.717) is 41.0 Å². The van der Waals surface area contributed by atoms with Gasteiger partial charge in [-0.1, -0.05) is 36.4 Å². The predicted octanol–water partition coefficient (Wildman–Crippen LogP) is 4.55. The van der Waals surface area contributed by atoms with Gasteiger partial charge in [0.25, 0.3) is 0 Å². The number of hydrogen-bond acceptors (Lipinski definition) is 7. The Morgan fingerprint density at radius 3 is 2.43 bits per heavy atom. The average Bonchev–Trinajstić information content (AvgIpc) is 2.83. The normalized spacial score (nSPS) is 19.6. The molecule has 1 aliphatic heterocycles. The molecule has 4 rings (SSSR count). The fraction of sp³-hybridized carbons (Fsp3) is 0.321. The molecular formula is C28H29NO6. The number of benzene rings is 2. The summed E-state index contributed by atoms with van der Waals surface area (Å²) in [5.74, 6) is -0.942. The van der Waals surface area contributed by atoms with Crippen molar-refractivity contribution in [3.05, 3.63) is 82.2 Å². The maximum absolute atomic E-state index is 13.6. The predicted molar refractivity (Wildman–Crippen MR) is 130 cm³/mol. The lowest BCUT2D eigenvalue weighted by Gasteiger charge is -2.36. The number of carbonyl (C=O) groups excluding carboxylic acids is 3. The van der Waals surface area contributed by atoms with Crippen LogP contribution in [-0.2, 0) is 19.1 Å². The third kappa shape index (κ3) is 4.85. The van der Waals surface area contributed by atoms with Crippen LogP contribution in [0.15, 0.2) is 71.1 Å². The van der Waals surface area contributed by atoms with Crippen LogP contribution in [0.2, 0.25) is 0 Å². The van der Waals surface area contributed by atoms with E-state index < -0.39 is 17.9 Å². The molecule has 0 aromatic heterocycles. The molecule has 1 aliphatic carbocycles. The SMILES string of the molecule is CCOC(=O)C1=C(C)NC2=C(C(=O)C[C@@H](c3ccccc3)C2)[C@@H]1c1ccc(OC(C)=O)c(OC)c1. The van der Waals surface area contributed by atoms with Gasteiger partial charge >= 0.3 is 11.9 Å². The highest BCUT2D eigenvalue weighted by atomic mass is 16.6. The van der Waals surface area contributed by atoms with Crippen molar-refractivity contribution >= 4 is 17.7 Å². The van der Waals surface area contributed by atoms with E-state index in [1.54, 1.807) is 25.1 Å². The van der Waals surface area contributed by atoms with Crippen molar-refractivity contribution < 1.29 is 28.6 Å². The summed E-state index contributed by atoms with van der Waals surface area (Å²) in [5, 5.41) is 3.34. The van der Waals surface area contributed by atoms with Gasteiger partial charge in [-0.2, -0.15) is 0 Å². The highest BCUT2D eigenvalue weighted by Crippen LogP contribution is 2.47. The Balaban J connectivity index is 1.82. The molecule has 182 valence electrons. The third-order valence-electron chi connectivity index (χ3n) is 6.37. The van der Waals surface area contributed by atoms with Gasteiger partial charge in [0, 0.05) is 36.2 Å². The van der Waals surface area contributed by atoms with Crippen molar-refractivity contribution in [2.45, 2.75) is 45.4 Å². The Morgan fingerprint density at radius 1 is 1.03 bits per heavy atom. The first-order chi connectivity index (χ1) is 16.8. The van der Waals surface area contributed by atoms with Gasteiger partial charge in [0.05, 0.1) is 19.3 Å². The summed E-state index contributed by atoms with van der Waals surface area (Å²) in [6.07, 6.45) is 0.997. The molecule has 2 aromatic rings. The molecule has 0 fully saturated rings. The van der Waals surface area contributed by atoms with Crippen molar-refractivity contribution in [2.24, 2.45) is 0 Å². The van der Waals surface area contributed by atoms with Gasteiger partial charge in [-0.25, -0.2) is 4.79 Å². The van der Waals surface area contributed by atoms with Crippen LogP contribution in [0.5, 0.6) is 11.5 Å². The van der Waals surface area contributed by atoms with Crippen molar-refractivity contribution in [3.8, 4) is 11.5 Å². The fourth-order valence-corrected chi connectivity index (χ4v) is 4.92. The number of methoxy groups -OCH3 is 1. The minimum absolute atomic E-state index is 0.0186. The van der Waals surface area contributed by atoms with Crippen LogP contribution in [0.25, 0.3) is 0 Å². The van der Waals surface area contributed by atoms with Crippen molar-refractivity contribution in [1.82, 2.24) is 5.32 Å². The molecule has 0 saturated carbocycles. The number of ketones is 1. The topological polar surface area (TPSA) is 90.9 Å². The molecule has 7 heteroatoms. The number of allylic oxidation sites excluding steroid dienone is 3. The van der Waals surface area contributed by atoms with Gasteiger partial charge in [0.15, 0.2) is 17.3 Å². The third-order valence-corrected chi connectivity index (χ3v) is 6.37. The molecule has 35 heavy (non-hydrogen) atoms. The van der Waals surface area contributed by atoms with Crippen LogP contribution in [0, 0.1) is 0 Å². The van der Waals surface area contributed by atoms with Crippen molar-refractivity contribution in [2.75, 3.05) is 13.7 Å². The first-order valence-corrected chi connectivity index (χ1v) is 11.7. The molecule has 0 bridgehead atoms. The highest BCUT2D eigenvalue weighted by molar-refractivity contribution is 6.04. The standard InChI is InChI=1S/C28H29NO6/c1-5-34-28(32)25-16(2)29-21-13-20(18-9-7-6-8-10-18)14-22(31)27(21)26(25)19-11-12-23(35-17(3)30)24(15-19)33-4/h6-12,15,20,26,29H,5,13-14H2,1-4H3/t20-,26+/m0/s1. The van der Waals surface area contributed by atoms with E-state index in [0.717, 1.165) is 11.3 Å². The average molecular weight is 476 g/mol. The monoisotopic (exact) mass is 475 g/mol. The van der Waals surface area contributed by atoms with E-state index in [2.05, 4.69) is 5.32 Å². The minimum atomic E-state index is -0.630. The molecule has 2 atom stereocenters. The molecule has 0 unspecified atom stereocenters. The Kier molecular flexibility index (Phi) is 7.05. The Morgan fingerprint density at radius 2 is 1.77 bits per heavy atom. The lowest BCUT2D eigenvalue weighted by molar-refractivity contribution is -0.139. The summed E-state index contributed by atoms with van der Waals surface area (Å²) in [6, 6.07) is 15.1. The molecule has 1 N–H and O–H groups in total. The summed E-state index contributed by atoms with van der Waals surface area (Å²) in [4.78, 5) is 38.2. The van der Waals surface area contributed by atoms with E-state index in [1.165, 1.54) is 14.0 Å². The van der Waals surface area contributed by atoms with Crippen LogP contribution in [0.4, 0.5) is 0 Å². The zero-order chi connectivity index (χ0) is 25.1. The van der Waals surface area contributed by atoms with E-state index in [-0.39, 0.29) is 24.1 Å². The Labute approximate surface area is 204 Å². The van der Waals surface area contributed by atoms with Crippen LogP contribution in [-0.4, -0.2) is 31.4 Å². The van der Waals surface area contributed by atoms with Gasteiger partial charge < -0.3 is 19.5 Å². The smallest absolute Gasteiger partial charge is 0.336 e. The van der Waals surface area contributed by atoms with E-state index in [4.69, 9.17) is 14.2 Å². The Hall–Kier alpha value is -3.87. The molecular weight excluding hydrogens is 446 g/mol. The summed E-state index contributed by atoms with van der Waals surface area (Å²) >= 11 is 0. The van der Waals surface area contributed by atoms with E-state index in [1.807, 2.05) is 37.3 Å². The maximum Gasteiger partial charge on any atom is 0.336 e. The number of nitrogens with one attached hydrogen (secondary N) is 1. The second-order valence-corrected chi connectivity index (χ2v) is 8.65. The second-order valence-electron chi connectivity index (χ2n) is 8.65. The quantitative estimate of drug-likeness (QED) is 0.484.